The Hall–Kier alpha value is -3.80. The van der Waals surface area contributed by atoms with Gasteiger partial charge in [-0.05, 0) is 35.9 Å². The van der Waals surface area contributed by atoms with Gasteiger partial charge < -0.3 is 18.9 Å². The van der Waals surface area contributed by atoms with Gasteiger partial charge in [0, 0.05) is 5.56 Å². The topological polar surface area (TPSA) is 71.1 Å². The van der Waals surface area contributed by atoms with Crippen LogP contribution in [0.1, 0.15) is 26.3 Å². The summed E-state index contributed by atoms with van der Waals surface area (Å²) in [5.41, 5.74) is 1.63. The first-order valence-electron chi connectivity index (χ1n) is 9.06. The number of rotatable bonds is 7. The Bertz CT molecular complexity index is 1030. The van der Waals surface area contributed by atoms with E-state index in [9.17, 15) is 9.59 Å². The van der Waals surface area contributed by atoms with Crippen LogP contribution in [0, 0.1) is 0 Å². The fourth-order valence-electron chi connectivity index (χ4n) is 2.86. The van der Waals surface area contributed by atoms with Gasteiger partial charge in [0.25, 0.3) is 0 Å². The normalized spacial score (nSPS) is 11.7. The average molecular weight is 390 g/mol. The van der Waals surface area contributed by atoms with Crippen molar-refractivity contribution in [2.75, 3.05) is 13.4 Å². The molecule has 0 radical (unpaired) electrons. The van der Waals surface area contributed by atoms with Crippen molar-refractivity contribution in [3.63, 3.8) is 0 Å². The van der Waals surface area contributed by atoms with Crippen molar-refractivity contribution < 1.29 is 28.5 Å². The van der Waals surface area contributed by atoms with Crippen LogP contribution in [0.2, 0.25) is 0 Å². The van der Waals surface area contributed by atoms with Gasteiger partial charge in [0.15, 0.2) is 23.9 Å². The summed E-state index contributed by atoms with van der Waals surface area (Å²) in [7, 11) is 0. The first-order chi connectivity index (χ1) is 14.2. The molecule has 3 aromatic carbocycles. The van der Waals surface area contributed by atoms with Crippen molar-refractivity contribution in [1.82, 2.24) is 0 Å². The van der Waals surface area contributed by atoms with Crippen LogP contribution in [0.5, 0.6) is 17.2 Å². The molecule has 0 fully saturated rings. The number of hydrogen-bond acceptors (Lipinski definition) is 6. The lowest BCUT2D eigenvalue weighted by molar-refractivity contribution is 0.0470. The Morgan fingerprint density at radius 1 is 0.862 bits per heavy atom. The van der Waals surface area contributed by atoms with Crippen LogP contribution in [0.15, 0.2) is 72.8 Å². The van der Waals surface area contributed by atoms with Crippen LogP contribution in [0.4, 0.5) is 0 Å². The highest BCUT2D eigenvalue weighted by molar-refractivity contribution is 6.00. The molecule has 0 aliphatic carbocycles. The zero-order valence-electron chi connectivity index (χ0n) is 15.5. The Labute approximate surface area is 167 Å². The van der Waals surface area contributed by atoms with Crippen LogP contribution in [0.3, 0.4) is 0 Å². The number of hydrogen-bond donors (Lipinski definition) is 0. The maximum absolute atomic E-state index is 12.5. The van der Waals surface area contributed by atoms with Crippen LogP contribution in [-0.4, -0.2) is 25.2 Å². The van der Waals surface area contributed by atoms with Crippen molar-refractivity contribution in [2.24, 2.45) is 0 Å². The lowest BCUT2D eigenvalue weighted by Crippen LogP contribution is -2.15. The third kappa shape index (κ3) is 4.38. The van der Waals surface area contributed by atoms with Crippen LogP contribution in [0.25, 0.3) is 0 Å². The fourth-order valence-corrected chi connectivity index (χ4v) is 2.86. The predicted octanol–water partition coefficient (Wildman–Crippen LogP) is 4.03. The van der Waals surface area contributed by atoms with Gasteiger partial charge in [0.2, 0.25) is 6.79 Å². The third-order valence-corrected chi connectivity index (χ3v) is 4.37. The summed E-state index contributed by atoms with van der Waals surface area (Å²) in [5.74, 6) is 0.531. The summed E-state index contributed by atoms with van der Waals surface area (Å²) in [4.78, 5) is 24.9. The summed E-state index contributed by atoms with van der Waals surface area (Å²) in [6, 6.07) is 21.3. The monoisotopic (exact) mass is 390 g/mol. The molecule has 29 heavy (non-hydrogen) atoms. The minimum Gasteiger partial charge on any atom is -0.488 e. The molecule has 4 rings (SSSR count). The predicted molar refractivity (Wildman–Crippen MR) is 104 cm³/mol. The van der Waals surface area contributed by atoms with Gasteiger partial charge in [-0.2, -0.15) is 0 Å². The molecular weight excluding hydrogens is 372 g/mol. The highest BCUT2D eigenvalue weighted by Gasteiger charge is 2.19. The van der Waals surface area contributed by atoms with Crippen molar-refractivity contribution in [2.45, 2.75) is 6.61 Å². The molecule has 0 spiro atoms. The Morgan fingerprint density at radius 2 is 1.62 bits per heavy atom. The molecule has 3 aromatic rings. The summed E-state index contributed by atoms with van der Waals surface area (Å²) >= 11 is 0. The largest absolute Gasteiger partial charge is 0.488 e. The molecule has 0 amide bonds. The highest BCUT2D eigenvalue weighted by atomic mass is 16.7. The third-order valence-electron chi connectivity index (χ3n) is 4.37. The van der Waals surface area contributed by atoms with E-state index >= 15 is 0 Å². The SMILES string of the molecule is O=C(COC(=O)c1ccccc1OCc1ccccc1)c1ccc2c(c1)OCO2. The van der Waals surface area contributed by atoms with Gasteiger partial charge in [-0.1, -0.05) is 42.5 Å². The van der Waals surface area contributed by atoms with Crippen molar-refractivity contribution in [3.8, 4) is 17.2 Å². The van der Waals surface area contributed by atoms with Crippen molar-refractivity contribution in [3.05, 3.63) is 89.5 Å². The second-order valence-corrected chi connectivity index (χ2v) is 6.34. The van der Waals surface area contributed by atoms with Crippen LogP contribution < -0.4 is 14.2 Å². The summed E-state index contributed by atoms with van der Waals surface area (Å²) in [5, 5.41) is 0. The lowest BCUT2D eigenvalue weighted by Gasteiger charge is -2.11. The first kappa shape index (κ1) is 18.6. The molecule has 0 N–H and O–H groups in total. The molecule has 146 valence electrons. The van der Waals surface area contributed by atoms with Crippen molar-refractivity contribution in [1.29, 1.82) is 0 Å². The molecule has 1 aliphatic heterocycles. The van der Waals surface area contributed by atoms with E-state index in [1.54, 1.807) is 42.5 Å². The molecule has 1 aliphatic rings. The zero-order chi connectivity index (χ0) is 20.1. The number of carbonyl (C=O) groups excluding carboxylic acids is 2. The number of esters is 1. The Morgan fingerprint density at radius 3 is 2.48 bits per heavy atom. The van der Waals surface area contributed by atoms with Gasteiger partial charge in [0.1, 0.15) is 17.9 Å². The molecule has 0 saturated heterocycles. The molecule has 0 saturated carbocycles. The molecule has 6 nitrogen and oxygen atoms in total. The first-order valence-corrected chi connectivity index (χ1v) is 9.06. The fraction of sp³-hybridized carbons (Fsp3) is 0.130. The Kier molecular flexibility index (Phi) is 5.42. The standard InChI is InChI=1S/C23H18O6/c24-19(17-10-11-21-22(12-17)29-15-28-21)14-27-23(25)18-8-4-5-9-20(18)26-13-16-6-2-1-3-7-16/h1-12H,13-15H2. The molecule has 6 heteroatoms. The van der Waals surface area contributed by atoms with Gasteiger partial charge in [0.05, 0.1) is 0 Å². The van der Waals surface area contributed by atoms with E-state index in [1.165, 1.54) is 0 Å². The minimum absolute atomic E-state index is 0.127. The number of carbonyl (C=O) groups is 2. The summed E-state index contributed by atoms with van der Waals surface area (Å²) in [6.45, 7) is 0.0640. The molecule has 0 unspecified atom stereocenters. The minimum atomic E-state index is -0.622. The average Bonchev–Trinajstić information content (AvgIpc) is 3.24. The molecular formula is C23H18O6. The van der Waals surface area contributed by atoms with E-state index in [0.717, 1.165) is 5.56 Å². The number of ketones is 1. The highest BCUT2D eigenvalue weighted by Crippen LogP contribution is 2.32. The number of benzene rings is 3. The zero-order valence-corrected chi connectivity index (χ0v) is 15.5. The lowest BCUT2D eigenvalue weighted by atomic mass is 10.1. The van der Waals surface area contributed by atoms with Gasteiger partial charge in [-0.15, -0.1) is 0 Å². The second kappa shape index (κ2) is 8.48. The Balaban J connectivity index is 1.39. The molecule has 1 heterocycles. The summed E-state index contributed by atoms with van der Waals surface area (Å²) in [6.07, 6.45) is 0. The quantitative estimate of drug-likeness (QED) is 0.448. The van der Waals surface area contributed by atoms with E-state index in [2.05, 4.69) is 0 Å². The van der Waals surface area contributed by atoms with E-state index < -0.39 is 5.97 Å². The van der Waals surface area contributed by atoms with E-state index in [4.69, 9.17) is 18.9 Å². The van der Waals surface area contributed by atoms with E-state index in [-0.39, 0.29) is 24.7 Å². The second-order valence-electron chi connectivity index (χ2n) is 6.34. The van der Waals surface area contributed by atoms with Gasteiger partial charge in [-0.3, -0.25) is 4.79 Å². The number of Topliss-reactive ketones (excluding diaryl/α,β-unsaturated/α-hetero) is 1. The maximum Gasteiger partial charge on any atom is 0.342 e. The van der Waals surface area contributed by atoms with E-state index in [0.29, 0.717) is 29.4 Å². The number of fused-ring (bicyclic) bond motifs is 1. The van der Waals surface area contributed by atoms with Gasteiger partial charge >= 0.3 is 5.97 Å². The molecule has 0 aromatic heterocycles. The van der Waals surface area contributed by atoms with Gasteiger partial charge in [-0.25, -0.2) is 4.79 Å². The van der Waals surface area contributed by atoms with Crippen molar-refractivity contribution >= 4 is 11.8 Å². The number of para-hydroxylation sites is 1. The van der Waals surface area contributed by atoms with Crippen LogP contribution in [-0.2, 0) is 11.3 Å². The maximum atomic E-state index is 12.5. The molecule has 0 atom stereocenters. The van der Waals surface area contributed by atoms with Crippen LogP contribution >= 0.6 is 0 Å². The van der Waals surface area contributed by atoms with E-state index in [1.807, 2.05) is 30.3 Å². The smallest absolute Gasteiger partial charge is 0.342 e. The molecule has 0 bridgehead atoms. The number of ether oxygens (including phenoxy) is 4. The summed E-state index contributed by atoms with van der Waals surface area (Å²) < 4.78 is 21.5.